The number of nitrogens with zero attached hydrogens (tertiary/aromatic N) is 4. The second-order valence-electron chi connectivity index (χ2n) is 9.77. The maximum absolute atomic E-state index is 5.58. The molecule has 4 aliphatic rings. The Hall–Kier alpha value is -2.00. The standard InChI is InChI=1S/C25H36N6OS/c1-32-18-23-4-2-11-29(23)16-20-17-30-13-9-19(20)14-24(30)15-26-25(33)28-21-5-7-22(8-6-21)31-12-3-10-27-31/h3,5-8,10,12,19-20,23-24H,2,4,9,11,13-18H2,1H3,(H2,26,28,33)/t19-,20-,23+,24+/m0/s1. The van der Waals surface area contributed by atoms with Gasteiger partial charge < -0.3 is 15.4 Å². The number of likely N-dealkylation sites (tertiary alicyclic amines) is 1. The third kappa shape index (κ3) is 5.40. The molecule has 7 nitrogen and oxygen atoms in total. The molecule has 2 aromatic rings. The van der Waals surface area contributed by atoms with Crippen molar-refractivity contribution in [1.82, 2.24) is 24.9 Å². The monoisotopic (exact) mass is 468 g/mol. The smallest absolute Gasteiger partial charge is 0.170 e. The van der Waals surface area contributed by atoms with Gasteiger partial charge in [-0.05, 0) is 93.2 Å². The molecule has 0 spiro atoms. The zero-order valence-corrected chi connectivity index (χ0v) is 20.3. The van der Waals surface area contributed by atoms with Crippen LogP contribution in [0.1, 0.15) is 25.7 Å². The van der Waals surface area contributed by atoms with Crippen molar-refractivity contribution in [2.24, 2.45) is 11.8 Å². The van der Waals surface area contributed by atoms with Crippen molar-refractivity contribution in [2.45, 2.75) is 37.8 Å². The summed E-state index contributed by atoms with van der Waals surface area (Å²) in [5.41, 5.74) is 2.03. The van der Waals surface area contributed by atoms with Crippen LogP contribution in [0.15, 0.2) is 42.7 Å². The second-order valence-corrected chi connectivity index (χ2v) is 10.2. The number of rotatable bonds is 8. The van der Waals surface area contributed by atoms with E-state index >= 15 is 0 Å². The van der Waals surface area contributed by atoms with Crippen molar-refractivity contribution in [2.75, 3.05) is 51.8 Å². The van der Waals surface area contributed by atoms with Gasteiger partial charge in [0.2, 0.25) is 0 Å². The van der Waals surface area contributed by atoms with Gasteiger partial charge in [0.05, 0.1) is 12.3 Å². The molecule has 1 unspecified atom stereocenters. The first-order valence-electron chi connectivity index (χ1n) is 12.3. The first-order valence-corrected chi connectivity index (χ1v) is 12.7. The molecule has 0 radical (unpaired) electrons. The lowest BCUT2D eigenvalue weighted by molar-refractivity contribution is -0.0158. The average Bonchev–Trinajstić information content (AvgIpc) is 3.52. The normalized spacial score (nSPS) is 29.3. The number of thiocarbonyl (C=S) groups is 1. The fourth-order valence-corrected chi connectivity index (χ4v) is 6.19. The van der Waals surface area contributed by atoms with Crippen molar-refractivity contribution in [1.29, 1.82) is 0 Å². The van der Waals surface area contributed by atoms with Crippen molar-refractivity contribution < 1.29 is 4.74 Å². The van der Waals surface area contributed by atoms with Crippen LogP contribution in [-0.4, -0.2) is 83.2 Å². The van der Waals surface area contributed by atoms with Crippen LogP contribution in [0.5, 0.6) is 0 Å². The number of ether oxygens (including phenoxy) is 1. The molecule has 2 bridgehead atoms. The molecule has 4 aliphatic heterocycles. The van der Waals surface area contributed by atoms with Crippen LogP contribution >= 0.6 is 12.2 Å². The predicted molar refractivity (Wildman–Crippen MR) is 136 cm³/mol. The molecule has 4 saturated heterocycles. The highest BCUT2D eigenvalue weighted by Crippen LogP contribution is 2.37. The van der Waals surface area contributed by atoms with Crippen LogP contribution in [0.25, 0.3) is 5.69 Å². The van der Waals surface area contributed by atoms with Crippen LogP contribution < -0.4 is 10.6 Å². The number of anilines is 1. The minimum Gasteiger partial charge on any atom is -0.383 e. The number of hydrogen-bond acceptors (Lipinski definition) is 5. The SMILES string of the molecule is COC[C@H]1CCCN1C[C@H]1CN2CC[C@H]1C[C@@H]2CNC(=S)Nc1ccc(-n2cccn2)cc1. The zero-order valence-electron chi connectivity index (χ0n) is 19.5. The third-order valence-corrected chi connectivity index (χ3v) is 7.98. The summed E-state index contributed by atoms with van der Waals surface area (Å²) in [6, 6.07) is 11.3. The Labute approximate surface area is 202 Å². The molecule has 5 atom stereocenters. The first-order chi connectivity index (χ1) is 16.2. The number of aromatic nitrogens is 2. The Bertz CT molecular complexity index is 904. The quantitative estimate of drug-likeness (QED) is 0.578. The van der Waals surface area contributed by atoms with E-state index in [9.17, 15) is 0 Å². The van der Waals surface area contributed by atoms with Gasteiger partial charge in [0.1, 0.15) is 0 Å². The Kier molecular flexibility index (Phi) is 7.25. The van der Waals surface area contributed by atoms with E-state index in [1.807, 2.05) is 48.3 Å². The molecular formula is C25H36N6OS. The largest absolute Gasteiger partial charge is 0.383 e. The number of piperidine rings is 3. The van der Waals surface area contributed by atoms with Gasteiger partial charge in [-0.2, -0.15) is 5.10 Å². The van der Waals surface area contributed by atoms with Crippen molar-refractivity contribution in [3.05, 3.63) is 42.7 Å². The van der Waals surface area contributed by atoms with E-state index in [2.05, 4.69) is 25.5 Å². The van der Waals surface area contributed by atoms with Gasteiger partial charge in [0, 0.05) is 56.9 Å². The lowest BCUT2D eigenvalue weighted by atomic mass is 9.75. The van der Waals surface area contributed by atoms with Crippen molar-refractivity contribution in [3.63, 3.8) is 0 Å². The minimum absolute atomic E-state index is 0.579. The fourth-order valence-electron chi connectivity index (χ4n) is 5.99. The minimum atomic E-state index is 0.579. The molecule has 6 rings (SSSR count). The molecule has 0 saturated carbocycles. The number of nitrogens with one attached hydrogen (secondary N) is 2. The Morgan fingerprint density at radius 1 is 1.18 bits per heavy atom. The highest BCUT2D eigenvalue weighted by atomic mass is 32.1. The summed E-state index contributed by atoms with van der Waals surface area (Å²) in [4.78, 5) is 5.39. The zero-order chi connectivity index (χ0) is 22.6. The van der Waals surface area contributed by atoms with Gasteiger partial charge in [0.25, 0.3) is 0 Å². The lowest BCUT2D eigenvalue weighted by Gasteiger charge is -2.51. The molecule has 5 heterocycles. The number of hydrogen-bond donors (Lipinski definition) is 2. The maximum atomic E-state index is 5.58. The summed E-state index contributed by atoms with van der Waals surface area (Å²) in [6.07, 6.45) is 8.95. The molecule has 0 amide bonds. The van der Waals surface area contributed by atoms with Crippen LogP contribution in [-0.2, 0) is 4.74 Å². The van der Waals surface area contributed by atoms with Gasteiger partial charge in [-0.3, -0.25) is 9.80 Å². The van der Waals surface area contributed by atoms with Gasteiger partial charge in [-0.15, -0.1) is 0 Å². The van der Waals surface area contributed by atoms with Crippen molar-refractivity contribution >= 4 is 23.0 Å². The number of methoxy groups -OCH3 is 1. The van der Waals surface area contributed by atoms with E-state index in [-0.39, 0.29) is 0 Å². The average molecular weight is 469 g/mol. The van der Waals surface area contributed by atoms with E-state index < -0.39 is 0 Å². The van der Waals surface area contributed by atoms with E-state index in [4.69, 9.17) is 17.0 Å². The topological polar surface area (TPSA) is 57.6 Å². The van der Waals surface area contributed by atoms with Gasteiger partial charge in [-0.25, -0.2) is 4.68 Å². The third-order valence-electron chi connectivity index (χ3n) is 7.73. The Morgan fingerprint density at radius 3 is 2.79 bits per heavy atom. The van der Waals surface area contributed by atoms with E-state index in [1.165, 1.54) is 51.9 Å². The molecule has 4 fully saturated rings. The van der Waals surface area contributed by atoms with E-state index in [0.29, 0.717) is 17.2 Å². The summed E-state index contributed by atoms with van der Waals surface area (Å²) in [5.74, 6) is 1.63. The summed E-state index contributed by atoms with van der Waals surface area (Å²) in [7, 11) is 1.83. The van der Waals surface area contributed by atoms with Gasteiger partial charge >= 0.3 is 0 Å². The lowest BCUT2D eigenvalue weighted by Crippen LogP contribution is -2.59. The Balaban J connectivity index is 1.08. The molecular weight excluding hydrogens is 432 g/mol. The molecule has 8 heteroatoms. The van der Waals surface area contributed by atoms with Crippen LogP contribution in [0.2, 0.25) is 0 Å². The van der Waals surface area contributed by atoms with Crippen LogP contribution in [0.4, 0.5) is 5.69 Å². The van der Waals surface area contributed by atoms with Crippen LogP contribution in [0.3, 0.4) is 0 Å². The molecule has 1 aromatic heterocycles. The predicted octanol–water partition coefficient (Wildman–Crippen LogP) is 2.98. The van der Waals surface area contributed by atoms with Gasteiger partial charge in [0.15, 0.2) is 5.11 Å². The number of benzene rings is 1. The highest BCUT2D eigenvalue weighted by molar-refractivity contribution is 7.80. The van der Waals surface area contributed by atoms with Crippen molar-refractivity contribution in [3.8, 4) is 5.69 Å². The molecule has 2 N–H and O–H groups in total. The second kappa shape index (κ2) is 10.5. The molecule has 33 heavy (non-hydrogen) atoms. The Morgan fingerprint density at radius 2 is 2.06 bits per heavy atom. The first kappa shape index (κ1) is 22.8. The fraction of sp³-hybridized carbons (Fsp3) is 0.600. The maximum Gasteiger partial charge on any atom is 0.170 e. The molecule has 1 aromatic carbocycles. The molecule has 178 valence electrons. The summed E-state index contributed by atoms with van der Waals surface area (Å²) < 4.78 is 7.31. The van der Waals surface area contributed by atoms with E-state index in [1.54, 1.807) is 6.20 Å². The summed E-state index contributed by atoms with van der Waals surface area (Å²) >= 11 is 5.58. The summed E-state index contributed by atoms with van der Waals surface area (Å²) in [5, 5.41) is 11.8. The highest BCUT2D eigenvalue weighted by Gasteiger charge is 2.41. The van der Waals surface area contributed by atoms with E-state index in [0.717, 1.165) is 36.4 Å². The van der Waals surface area contributed by atoms with Crippen LogP contribution in [0, 0.1) is 11.8 Å². The summed E-state index contributed by atoms with van der Waals surface area (Å²) in [6.45, 7) is 6.72. The number of fused-ring (bicyclic) bond motifs is 3. The molecule has 0 aliphatic carbocycles. The van der Waals surface area contributed by atoms with Gasteiger partial charge in [-0.1, -0.05) is 0 Å².